The summed E-state index contributed by atoms with van der Waals surface area (Å²) in [5.41, 5.74) is 7.75. The summed E-state index contributed by atoms with van der Waals surface area (Å²) in [6, 6.07) is 11.8. The summed E-state index contributed by atoms with van der Waals surface area (Å²) in [7, 11) is 1.96. The van der Waals surface area contributed by atoms with Crippen molar-refractivity contribution in [3.8, 4) is 34.9 Å². The fraction of sp³-hybridized carbons (Fsp3) is 0.318. The molecule has 0 fully saturated rings. The van der Waals surface area contributed by atoms with E-state index in [1.807, 2.05) is 27.2 Å². The molecule has 3 N–H and O–H groups in total. The number of ether oxygens (including phenoxy) is 3. The molecule has 328 valence electrons. The van der Waals surface area contributed by atoms with Crippen LogP contribution in [0.25, 0.3) is 56.4 Å². The summed E-state index contributed by atoms with van der Waals surface area (Å²) in [6.07, 6.45) is 13.5. The second kappa shape index (κ2) is 19.4. The summed E-state index contributed by atoms with van der Waals surface area (Å²) in [6.45, 7) is 12.4. The number of nitrogens with one attached hydrogen (secondary N) is 3. The van der Waals surface area contributed by atoms with Gasteiger partial charge >= 0.3 is 0 Å². The zero-order valence-electron chi connectivity index (χ0n) is 36.6. The van der Waals surface area contributed by atoms with E-state index in [0.29, 0.717) is 98.5 Å². The number of rotatable bonds is 15. The van der Waals surface area contributed by atoms with Crippen LogP contribution < -0.4 is 10.6 Å². The van der Waals surface area contributed by atoms with Crippen molar-refractivity contribution in [1.29, 1.82) is 10.5 Å². The van der Waals surface area contributed by atoms with Crippen LogP contribution in [0.4, 0.5) is 0 Å². The molecule has 2 amide bonds. The first kappa shape index (κ1) is 44.7. The molecule has 8 aromatic heterocycles. The molecule has 0 aliphatic rings. The normalized spacial score (nSPS) is 12.5. The van der Waals surface area contributed by atoms with Crippen molar-refractivity contribution in [3.05, 3.63) is 96.1 Å². The Bertz CT molecular complexity index is 3060. The lowest BCUT2D eigenvalue weighted by Gasteiger charge is -2.15. The molecule has 8 heterocycles. The molecule has 0 aliphatic carbocycles. The Morgan fingerprint density at radius 1 is 0.781 bits per heavy atom. The van der Waals surface area contributed by atoms with Gasteiger partial charge in [0, 0.05) is 65.8 Å². The van der Waals surface area contributed by atoms with E-state index in [4.69, 9.17) is 24.5 Å². The zero-order chi connectivity index (χ0) is 45.5. The fourth-order valence-corrected chi connectivity index (χ4v) is 7.59. The number of aromatic amines is 1. The van der Waals surface area contributed by atoms with Crippen molar-refractivity contribution in [2.75, 3.05) is 34.0 Å². The highest BCUT2D eigenvalue weighted by Crippen LogP contribution is 2.26. The van der Waals surface area contributed by atoms with Crippen LogP contribution in [-0.4, -0.2) is 114 Å². The van der Waals surface area contributed by atoms with Crippen LogP contribution in [0.1, 0.15) is 45.7 Å². The van der Waals surface area contributed by atoms with E-state index in [1.165, 1.54) is 0 Å². The van der Waals surface area contributed by atoms with Crippen LogP contribution in [0.5, 0.6) is 0 Å². The number of amides is 2. The number of hydrogen-bond donors (Lipinski definition) is 3. The molecule has 20 heteroatoms. The smallest absolute Gasteiger partial charge is 0.255 e. The number of imidazole rings is 2. The van der Waals surface area contributed by atoms with E-state index < -0.39 is 8.07 Å². The number of carbonyl (C=O) groups excluding carboxylic acids is 2. The number of nitrogens with zero attached hydrogens (tertiary/aromatic N) is 11. The van der Waals surface area contributed by atoms with Gasteiger partial charge < -0.3 is 34.4 Å². The monoisotopic (exact) mass is 880 g/mol. The van der Waals surface area contributed by atoms with E-state index >= 15 is 0 Å². The molecule has 0 unspecified atom stereocenters. The number of hydrogen-bond acceptors (Lipinski definition) is 13. The Hall–Kier alpha value is -7.36. The van der Waals surface area contributed by atoms with Gasteiger partial charge in [0.2, 0.25) is 0 Å². The Morgan fingerprint density at radius 3 is 1.88 bits per heavy atom. The summed E-state index contributed by atoms with van der Waals surface area (Å²) in [4.78, 5) is 56.0. The predicted octanol–water partition coefficient (Wildman–Crippen LogP) is 5.60. The highest BCUT2D eigenvalue weighted by molar-refractivity contribution is 6.76. The topological polar surface area (TPSA) is 240 Å². The van der Waals surface area contributed by atoms with Gasteiger partial charge in [-0.3, -0.25) is 18.4 Å². The van der Waals surface area contributed by atoms with Crippen molar-refractivity contribution < 1.29 is 23.8 Å². The molecule has 0 spiro atoms. The Labute approximate surface area is 369 Å². The van der Waals surface area contributed by atoms with Crippen LogP contribution >= 0.6 is 0 Å². The highest BCUT2D eigenvalue weighted by Gasteiger charge is 2.22. The number of methoxy groups -OCH3 is 2. The molecular formula is C44H48N14O5Si. The molecule has 0 saturated heterocycles. The Kier molecular flexibility index (Phi) is 13.5. The number of carbonyl (C=O) groups is 2. The Morgan fingerprint density at radius 2 is 1.33 bits per heavy atom. The van der Waals surface area contributed by atoms with Gasteiger partial charge in [-0.25, -0.2) is 29.9 Å². The van der Waals surface area contributed by atoms with E-state index in [9.17, 15) is 14.9 Å². The minimum Gasteiger partial charge on any atom is -0.383 e. The minimum atomic E-state index is -1.22. The summed E-state index contributed by atoms with van der Waals surface area (Å²) in [5, 5.41) is 24.0. The van der Waals surface area contributed by atoms with Crippen molar-refractivity contribution in [2.45, 2.75) is 58.3 Å². The maximum atomic E-state index is 13.2. The number of nitriles is 2. The van der Waals surface area contributed by atoms with E-state index in [2.05, 4.69) is 72.3 Å². The molecule has 0 aliphatic heterocycles. The maximum Gasteiger partial charge on any atom is 0.255 e. The van der Waals surface area contributed by atoms with Gasteiger partial charge in [-0.1, -0.05) is 19.6 Å². The minimum absolute atomic E-state index is 0.133. The average molecular weight is 881 g/mol. The summed E-state index contributed by atoms with van der Waals surface area (Å²) in [5.74, 6) is -0.507. The molecule has 0 bridgehead atoms. The molecule has 64 heavy (non-hydrogen) atoms. The van der Waals surface area contributed by atoms with Gasteiger partial charge in [0.05, 0.1) is 83.8 Å². The second-order valence-corrected chi connectivity index (χ2v) is 22.0. The van der Waals surface area contributed by atoms with Gasteiger partial charge in [0.1, 0.15) is 40.4 Å². The number of H-pyrrole nitrogens is 1. The summed E-state index contributed by atoms with van der Waals surface area (Å²) >= 11 is 0. The predicted molar refractivity (Wildman–Crippen MR) is 241 cm³/mol. The molecule has 2 atom stereocenters. The molecule has 0 radical (unpaired) electrons. The maximum absolute atomic E-state index is 13.2. The third kappa shape index (κ3) is 9.96. The second-order valence-electron chi connectivity index (χ2n) is 16.4. The van der Waals surface area contributed by atoms with Gasteiger partial charge in [-0.15, -0.1) is 0 Å². The van der Waals surface area contributed by atoms with Crippen molar-refractivity contribution in [2.24, 2.45) is 0 Å². The highest BCUT2D eigenvalue weighted by atomic mass is 28.3. The first-order valence-electron chi connectivity index (χ1n) is 20.4. The largest absolute Gasteiger partial charge is 0.383 e. The van der Waals surface area contributed by atoms with Crippen LogP contribution in [-0.2, 0) is 20.9 Å². The third-order valence-electron chi connectivity index (χ3n) is 10.1. The zero-order valence-corrected chi connectivity index (χ0v) is 37.6. The molecule has 8 rings (SSSR count). The number of pyridine rings is 2. The third-order valence-corrected chi connectivity index (χ3v) is 11.8. The Balaban J connectivity index is 0.000000197. The number of fused-ring (bicyclic) bond motifs is 4. The average Bonchev–Trinajstić information content (AvgIpc) is 4.08. The lowest BCUT2D eigenvalue weighted by molar-refractivity contribution is 0.0879. The van der Waals surface area contributed by atoms with E-state index in [1.54, 1.807) is 88.1 Å². The quantitative estimate of drug-likeness (QED) is 0.0840. The molecule has 0 aromatic carbocycles. The first-order chi connectivity index (χ1) is 30.8. The molecular weight excluding hydrogens is 833 g/mol. The first-order valence-corrected chi connectivity index (χ1v) is 24.1. The van der Waals surface area contributed by atoms with Crippen molar-refractivity contribution >= 4 is 53.5 Å². The van der Waals surface area contributed by atoms with Crippen molar-refractivity contribution in [1.82, 2.24) is 58.9 Å². The van der Waals surface area contributed by atoms with Gasteiger partial charge in [0.25, 0.3) is 11.8 Å². The lowest BCUT2D eigenvalue weighted by Crippen LogP contribution is -2.35. The van der Waals surface area contributed by atoms with Crippen LogP contribution in [0.2, 0.25) is 25.7 Å². The molecule has 0 saturated carbocycles. The van der Waals surface area contributed by atoms with E-state index in [0.717, 1.165) is 6.04 Å². The standard InChI is InChI=1S/C25H31N7O3Si.C19H17N7O2/c1-17(15-34-2)29-25(33)19-14-31(16-35-8-9-36(3,4)5)24-23(19)30-20(12-28-24)21-13-27-22-10-18(11-26)6-7-32(21)22;1-11(10-28-2)24-19(27)13-7-22-18-17(13)25-14(8-23-18)15-9-21-16-5-12(6-20)3-4-26(15)16/h6-7,10,12-14,17H,8-9,15-16H2,1-5H3,(H,29,33);3-5,7-9,11H,10H2,1-2H3,(H,22,23)(H,24,27)/t17-;11-/m00/s1. The lowest BCUT2D eigenvalue weighted by atomic mass is 10.2. The van der Waals surface area contributed by atoms with Crippen LogP contribution in [0, 0.1) is 22.7 Å². The van der Waals surface area contributed by atoms with Crippen LogP contribution in [0.3, 0.4) is 0 Å². The molecule has 8 aromatic rings. The number of aromatic nitrogens is 10. The van der Waals surface area contributed by atoms with Crippen LogP contribution in [0.15, 0.2) is 73.8 Å². The van der Waals surface area contributed by atoms with E-state index in [-0.39, 0.29) is 30.6 Å². The SMILES string of the molecule is COC[C@H](C)NC(=O)c1c[nH]c2ncc(-c3cnc4cc(C#N)ccn34)nc12.COC[C@H](C)NC(=O)c1cn(COCC[Si](C)(C)C)c2ncc(-c3cnc4cc(C#N)ccn34)nc12. The van der Waals surface area contributed by atoms with Gasteiger partial charge in [-0.05, 0) is 44.2 Å². The van der Waals surface area contributed by atoms with Gasteiger partial charge in [-0.2, -0.15) is 10.5 Å². The fourth-order valence-electron chi connectivity index (χ4n) is 6.83. The van der Waals surface area contributed by atoms with Crippen molar-refractivity contribution in [3.63, 3.8) is 0 Å². The van der Waals surface area contributed by atoms with Gasteiger partial charge in [0.15, 0.2) is 11.3 Å². The summed E-state index contributed by atoms with van der Waals surface area (Å²) < 4.78 is 21.6. The molecule has 19 nitrogen and oxygen atoms in total.